The number of likely N-dealkylation sites (N-methyl/N-ethyl adjacent to an activating group) is 1. The van der Waals surface area contributed by atoms with E-state index in [2.05, 4.69) is 30.4 Å². The molecule has 1 atom stereocenters. The Kier molecular flexibility index (Phi) is 10.1. The monoisotopic (exact) mass is 669 g/mol. The summed E-state index contributed by atoms with van der Waals surface area (Å²) >= 11 is 6.58. The van der Waals surface area contributed by atoms with Crippen LogP contribution in [0.2, 0.25) is 5.02 Å². The lowest BCUT2D eigenvalue weighted by atomic mass is 9.79. The molecule has 0 aliphatic carbocycles. The molecule has 0 saturated carbocycles. The van der Waals surface area contributed by atoms with Gasteiger partial charge < -0.3 is 25.3 Å². The normalized spacial score (nSPS) is 15.7. The highest BCUT2D eigenvalue weighted by atomic mass is 35.5. The first-order valence-electron chi connectivity index (χ1n) is 15.0. The standard InChI is InChI=1S/C33H32BClF5N5.C2H6/c1-17(20-12-21(33(38,39)40)14-23(37)13-20)41-26-16-27-31(45(32(4,5)34)19(3)44(27)11-10-43(6)7)28-18(2)42-30(29(26)28)24-15-22(36)8-9-25(24)35;1-2/h8-9,12-16,30,41-42H,1-3,10-11H2,4-7H3;1-2H3. The second-order valence-corrected chi connectivity index (χ2v) is 12.4. The van der Waals surface area contributed by atoms with Gasteiger partial charge in [-0.2, -0.15) is 13.2 Å². The number of benzene rings is 3. The number of hydrogen-bond acceptors (Lipinski definition) is 5. The maximum absolute atomic E-state index is 14.6. The van der Waals surface area contributed by atoms with E-state index < -0.39 is 34.9 Å². The molecule has 47 heavy (non-hydrogen) atoms. The molecule has 5 rings (SSSR count). The first-order chi connectivity index (χ1) is 21.9. The summed E-state index contributed by atoms with van der Waals surface area (Å²) in [6, 6.07) is 7.32. The molecule has 248 valence electrons. The molecule has 2 aliphatic rings. The Morgan fingerprint density at radius 3 is 2.30 bits per heavy atom. The quantitative estimate of drug-likeness (QED) is 0.185. The fraction of sp³-hybridized carbons (Fsp3) is 0.314. The summed E-state index contributed by atoms with van der Waals surface area (Å²) in [6.07, 6.45) is -4.77. The van der Waals surface area contributed by atoms with E-state index in [0.717, 1.165) is 12.1 Å². The van der Waals surface area contributed by atoms with E-state index in [1.54, 1.807) is 0 Å². The third-order valence-electron chi connectivity index (χ3n) is 7.79. The molecule has 0 spiro atoms. The van der Waals surface area contributed by atoms with Crippen LogP contribution in [0, 0.1) is 11.6 Å². The molecule has 3 aromatic rings. The number of nitrogens with zero attached hydrogens (tertiary/aromatic N) is 3. The smallest absolute Gasteiger partial charge is 0.374 e. The second-order valence-electron chi connectivity index (χ2n) is 12.0. The summed E-state index contributed by atoms with van der Waals surface area (Å²) in [6.45, 7) is 21.5. The number of halogens is 6. The number of hydrogen-bond donors (Lipinski definition) is 2. The largest absolute Gasteiger partial charge is 0.416 e. The summed E-state index contributed by atoms with van der Waals surface area (Å²) in [7, 11) is 10.6. The van der Waals surface area contributed by atoms with Crippen molar-refractivity contribution in [2.75, 3.05) is 42.3 Å². The second kappa shape index (κ2) is 13.3. The van der Waals surface area contributed by atoms with Gasteiger partial charge in [0.1, 0.15) is 25.3 Å². The lowest BCUT2D eigenvalue weighted by Crippen LogP contribution is -2.45. The van der Waals surface area contributed by atoms with Gasteiger partial charge in [0.2, 0.25) is 0 Å². The van der Waals surface area contributed by atoms with E-state index in [-0.39, 0.29) is 16.3 Å². The summed E-state index contributed by atoms with van der Waals surface area (Å²) < 4.78 is 69.6. The molecule has 12 heteroatoms. The molecule has 2 heterocycles. The van der Waals surface area contributed by atoms with Crippen LogP contribution in [0.25, 0.3) is 11.4 Å². The number of alkyl halides is 3. The van der Waals surface area contributed by atoms with Crippen molar-refractivity contribution in [3.8, 4) is 0 Å². The summed E-state index contributed by atoms with van der Waals surface area (Å²) in [5, 5.41) is 6.75. The number of nitrogens with one attached hydrogen (secondary N) is 2. The van der Waals surface area contributed by atoms with Crippen molar-refractivity contribution in [3.05, 3.63) is 112 Å². The minimum atomic E-state index is -4.77. The fourth-order valence-corrected chi connectivity index (χ4v) is 6.05. The van der Waals surface area contributed by atoms with Crippen molar-refractivity contribution < 1.29 is 22.0 Å². The minimum Gasteiger partial charge on any atom is -0.374 e. The number of fused-ring (bicyclic) bond motifs is 3. The van der Waals surface area contributed by atoms with Gasteiger partial charge in [-0.25, -0.2) is 8.78 Å². The highest BCUT2D eigenvalue weighted by molar-refractivity contribution is 6.31. The molecule has 2 radical (unpaired) electrons. The summed E-state index contributed by atoms with van der Waals surface area (Å²) in [4.78, 5) is 5.92. The highest BCUT2D eigenvalue weighted by Gasteiger charge is 2.44. The lowest BCUT2D eigenvalue weighted by molar-refractivity contribution is -0.137. The van der Waals surface area contributed by atoms with Crippen LogP contribution >= 0.6 is 11.6 Å². The van der Waals surface area contributed by atoms with E-state index in [0.29, 0.717) is 64.4 Å². The van der Waals surface area contributed by atoms with Gasteiger partial charge in [0, 0.05) is 62.9 Å². The van der Waals surface area contributed by atoms with Gasteiger partial charge in [-0.15, -0.1) is 0 Å². The van der Waals surface area contributed by atoms with Crippen molar-refractivity contribution in [1.29, 1.82) is 0 Å². The summed E-state index contributed by atoms with van der Waals surface area (Å²) in [5.74, 6) is -0.964. The topological polar surface area (TPSA) is 33.8 Å². The zero-order valence-electron chi connectivity index (χ0n) is 27.3. The predicted molar refractivity (Wildman–Crippen MR) is 185 cm³/mol. The average Bonchev–Trinajstić information content (AvgIpc) is 3.46. The predicted octanol–water partition coefficient (Wildman–Crippen LogP) is 8.97. The van der Waals surface area contributed by atoms with E-state index in [1.165, 1.54) is 18.2 Å². The first-order valence-corrected chi connectivity index (χ1v) is 15.4. The van der Waals surface area contributed by atoms with E-state index in [1.807, 2.05) is 62.6 Å². The molecule has 1 unspecified atom stereocenters. The first kappa shape index (κ1) is 35.9. The SMILES string of the molecule is CC.[B]C(C)(C)N1C(=C)N(CCN(C)C)c2cc(NC(=C)c3cc(F)cc(C(F)(F)F)c3)c3c(c21)C(=C)NC3c1cc(F)ccc1Cl. The van der Waals surface area contributed by atoms with E-state index in [9.17, 15) is 22.0 Å². The van der Waals surface area contributed by atoms with Gasteiger partial charge >= 0.3 is 6.18 Å². The molecule has 2 aliphatic heterocycles. The minimum absolute atomic E-state index is 0.0106. The van der Waals surface area contributed by atoms with Crippen molar-refractivity contribution in [2.24, 2.45) is 0 Å². The Morgan fingerprint density at radius 1 is 1.04 bits per heavy atom. The molecule has 3 aromatic carbocycles. The molecule has 0 bridgehead atoms. The lowest BCUT2D eigenvalue weighted by Gasteiger charge is -2.37. The van der Waals surface area contributed by atoms with Crippen LogP contribution in [0.5, 0.6) is 0 Å². The van der Waals surface area contributed by atoms with Crippen molar-refractivity contribution in [1.82, 2.24) is 10.2 Å². The molecular formula is C35H38BClF5N5. The third kappa shape index (κ3) is 7.01. The Balaban J connectivity index is 0.00000245. The Labute approximate surface area is 279 Å². The highest BCUT2D eigenvalue weighted by Crippen LogP contribution is 2.56. The van der Waals surface area contributed by atoms with Crippen molar-refractivity contribution in [2.45, 2.75) is 45.4 Å². The number of rotatable bonds is 8. The number of anilines is 3. The Bertz CT molecular complexity index is 1730. The van der Waals surface area contributed by atoms with Crippen LogP contribution in [0.3, 0.4) is 0 Å². The molecule has 2 N–H and O–H groups in total. The molecule has 5 nitrogen and oxygen atoms in total. The maximum Gasteiger partial charge on any atom is 0.416 e. The fourth-order valence-electron chi connectivity index (χ4n) is 5.82. The van der Waals surface area contributed by atoms with Crippen LogP contribution in [0.1, 0.15) is 61.6 Å². The van der Waals surface area contributed by atoms with Crippen molar-refractivity contribution in [3.63, 3.8) is 0 Å². The zero-order chi connectivity index (χ0) is 35.2. The van der Waals surface area contributed by atoms with Gasteiger partial charge in [-0.05, 0) is 56.6 Å². The van der Waals surface area contributed by atoms with Crippen LogP contribution < -0.4 is 20.4 Å². The van der Waals surface area contributed by atoms with Gasteiger partial charge in [-0.1, -0.05) is 59.0 Å². The average molecular weight is 670 g/mol. The van der Waals surface area contributed by atoms with E-state index in [4.69, 9.17) is 19.4 Å². The van der Waals surface area contributed by atoms with Gasteiger partial charge in [0.05, 0.1) is 23.0 Å². The Hall–Kier alpha value is -3.96. The molecule has 0 aromatic heterocycles. The van der Waals surface area contributed by atoms with Gasteiger partial charge in [0.25, 0.3) is 0 Å². The molecular weight excluding hydrogens is 632 g/mol. The zero-order valence-corrected chi connectivity index (χ0v) is 28.1. The van der Waals surface area contributed by atoms with Crippen LogP contribution in [0.15, 0.2) is 68.0 Å². The summed E-state index contributed by atoms with van der Waals surface area (Å²) in [5.41, 5.74) is 1.79. The van der Waals surface area contributed by atoms with Crippen LogP contribution in [0.4, 0.5) is 39.0 Å². The van der Waals surface area contributed by atoms with Gasteiger partial charge in [0.15, 0.2) is 0 Å². The Morgan fingerprint density at radius 2 is 1.70 bits per heavy atom. The maximum atomic E-state index is 14.6. The van der Waals surface area contributed by atoms with Crippen LogP contribution in [-0.4, -0.2) is 45.4 Å². The van der Waals surface area contributed by atoms with E-state index >= 15 is 0 Å². The molecule has 0 saturated heterocycles. The van der Waals surface area contributed by atoms with Gasteiger partial charge in [-0.3, -0.25) is 0 Å². The molecule has 0 fully saturated rings. The van der Waals surface area contributed by atoms with Crippen LogP contribution in [-0.2, 0) is 6.18 Å². The van der Waals surface area contributed by atoms with Crippen molar-refractivity contribution >= 4 is 47.9 Å². The third-order valence-corrected chi connectivity index (χ3v) is 8.13. The molecule has 0 amide bonds.